The van der Waals surface area contributed by atoms with E-state index in [1.807, 2.05) is 19.9 Å². The van der Waals surface area contributed by atoms with Gasteiger partial charge < -0.3 is 24.3 Å². The Balaban J connectivity index is 1.21. The number of hydrogen-bond acceptors (Lipinski definition) is 9. The molecule has 0 radical (unpaired) electrons. The van der Waals surface area contributed by atoms with Gasteiger partial charge in [-0.05, 0) is 43.6 Å². The fourth-order valence-corrected chi connectivity index (χ4v) is 6.69. The van der Waals surface area contributed by atoms with Gasteiger partial charge in [0.25, 0.3) is 0 Å². The molecular weight excluding hydrogens is 494 g/mol. The number of rotatable bonds is 7. The summed E-state index contributed by atoms with van der Waals surface area (Å²) in [6.07, 6.45) is 1.66. The maximum atomic E-state index is 12.8. The van der Waals surface area contributed by atoms with Gasteiger partial charge in [-0.1, -0.05) is 44.2 Å². The van der Waals surface area contributed by atoms with Crippen molar-refractivity contribution in [2.45, 2.75) is 89.3 Å². The summed E-state index contributed by atoms with van der Waals surface area (Å²) in [7, 11) is 1.26. The molecule has 1 aromatic rings. The Morgan fingerprint density at radius 3 is 2.55 bits per heavy atom. The molecule has 10 nitrogen and oxygen atoms in total. The van der Waals surface area contributed by atoms with Crippen LogP contribution in [0.25, 0.3) is 0 Å². The summed E-state index contributed by atoms with van der Waals surface area (Å²) in [5, 5.41) is 2.65. The minimum Gasteiger partial charge on any atom is -0.467 e. The molecule has 10 heteroatoms. The second-order valence-corrected chi connectivity index (χ2v) is 11.2. The molecule has 1 aromatic carbocycles. The molecule has 4 aliphatic heterocycles. The van der Waals surface area contributed by atoms with Crippen molar-refractivity contribution >= 4 is 17.8 Å². The zero-order valence-corrected chi connectivity index (χ0v) is 22.3. The van der Waals surface area contributed by atoms with Crippen LogP contribution in [0.15, 0.2) is 30.3 Å². The summed E-state index contributed by atoms with van der Waals surface area (Å²) >= 11 is 0. The van der Waals surface area contributed by atoms with E-state index in [4.69, 9.17) is 28.7 Å². The van der Waals surface area contributed by atoms with Crippen LogP contribution in [0.3, 0.4) is 0 Å². The van der Waals surface area contributed by atoms with Gasteiger partial charge in [-0.3, -0.25) is 9.59 Å². The van der Waals surface area contributed by atoms with Crippen molar-refractivity contribution in [3.63, 3.8) is 0 Å². The highest BCUT2D eigenvalue weighted by molar-refractivity contribution is 5.87. The first kappa shape index (κ1) is 27.1. The van der Waals surface area contributed by atoms with Crippen molar-refractivity contribution < 1.29 is 43.1 Å². The number of benzene rings is 1. The van der Waals surface area contributed by atoms with Crippen LogP contribution in [0.4, 0.5) is 0 Å². The molecule has 1 amide bonds. The fraction of sp³-hybridized carbons (Fsp3) is 0.679. The van der Waals surface area contributed by atoms with Gasteiger partial charge in [0, 0.05) is 24.7 Å². The number of carbonyl (C=O) groups excluding carboxylic acids is 3. The van der Waals surface area contributed by atoms with Crippen LogP contribution < -0.4 is 5.32 Å². The van der Waals surface area contributed by atoms with Crippen molar-refractivity contribution in [3.05, 3.63) is 35.9 Å². The van der Waals surface area contributed by atoms with Crippen LogP contribution in [-0.4, -0.2) is 48.9 Å². The van der Waals surface area contributed by atoms with Crippen molar-refractivity contribution in [1.82, 2.24) is 5.32 Å². The molecule has 2 bridgehead atoms. The maximum Gasteiger partial charge on any atom is 0.333 e. The molecule has 4 heterocycles. The number of nitrogens with one attached hydrogen (secondary N) is 1. The first-order chi connectivity index (χ1) is 18.2. The fourth-order valence-electron chi connectivity index (χ4n) is 6.69. The van der Waals surface area contributed by atoms with E-state index in [9.17, 15) is 14.4 Å². The normalized spacial score (nSPS) is 38.3. The summed E-state index contributed by atoms with van der Waals surface area (Å²) in [4.78, 5) is 49.6. The van der Waals surface area contributed by atoms with E-state index in [0.717, 1.165) is 19.3 Å². The predicted octanol–water partition coefficient (Wildman–Crippen LogP) is 3.55. The van der Waals surface area contributed by atoms with Gasteiger partial charge in [-0.15, -0.1) is 0 Å². The quantitative estimate of drug-likeness (QED) is 0.416. The summed E-state index contributed by atoms with van der Waals surface area (Å²) in [6.45, 7) is 6.08. The van der Waals surface area contributed by atoms with Crippen LogP contribution >= 0.6 is 0 Å². The third-order valence-electron chi connectivity index (χ3n) is 8.78. The van der Waals surface area contributed by atoms with Crippen molar-refractivity contribution in [3.8, 4) is 0 Å². The minimum atomic E-state index is -0.962. The molecule has 1 aliphatic carbocycles. The average Bonchev–Trinajstić information content (AvgIpc) is 3.14. The summed E-state index contributed by atoms with van der Waals surface area (Å²) in [5.74, 6) is -2.03. The van der Waals surface area contributed by atoms with Crippen molar-refractivity contribution in [2.24, 2.45) is 23.7 Å². The van der Waals surface area contributed by atoms with E-state index in [1.165, 1.54) is 7.11 Å². The third-order valence-corrected chi connectivity index (χ3v) is 8.78. The smallest absolute Gasteiger partial charge is 0.333 e. The molecule has 1 saturated carbocycles. The van der Waals surface area contributed by atoms with Crippen LogP contribution in [0.2, 0.25) is 0 Å². The lowest BCUT2D eigenvalue weighted by Gasteiger charge is -2.59. The average molecular weight is 532 g/mol. The highest BCUT2D eigenvalue weighted by Gasteiger charge is 2.69. The Labute approximate surface area is 222 Å². The molecule has 3 unspecified atom stereocenters. The number of amides is 1. The van der Waals surface area contributed by atoms with Gasteiger partial charge in [0.2, 0.25) is 18.0 Å². The zero-order valence-electron chi connectivity index (χ0n) is 22.3. The van der Waals surface area contributed by atoms with E-state index in [2.05, 4.69) is 12.2 Å². The first-order valence-electron chi connectivity index (χ1n) is 13.5. The molecule has 6 rings (SSSR count). The van der Waals surface area contributed by atoms with Crippen molar-refractivity contribution in [1.29, 1.82) is 0 Å². The van der Waals surface area contributed by atoms with Gasteiger partial charge in [0.1, 0.15) is 0 Å². The Morgan fingerprint density at radius 1 is 1.05 bits per heavy atom. The Kier molecular flexibility index (Phi) is 7.52. The SMILES string of the molecule is COC(=O)C(NC(=O)CCC(=O)O[C@@H]1O[C@@H]2OC3(C)CC[C@H]4[C@H](C)CC[C@@H]([C@H]1C)C24OO3)c1ccccc1. The highest BCUT2D eigenvalue weighted by atomic mass is 17.3. The third kappa shape index (κ3) is 4.83. The first-order valence-corrected chi connectivity index (χ1v) is 13.5. The van der Waals surface area contributed by atoms with E-state index in [-0.39, 0.29) is 30.6 Å². The van der Waals surface area contributed by atoms with E-state index >= 15 is 0 Å². The largest absolute Gasteiger partial charge is 0.467 e. The molecular formula is C28H37NO9. The maximum absolute atomic E-state index is 12.8. The predicted molar refractivity (Wildman–Crippen MR) is 131 cm³/mol. The molecule has 1 N–H and O–H groups in total. The summed E-state index contributed by atoms with van der Waals surface area (Å²) in [6, 6.07) is 7.82. The Bertz CT molecular complexity index is 1050. The number of fused-ring (bicyclic) bond motifs is 2. The molecule has 38 heavy (non-hydrogen) atoms. The van der Waals surface area contributed by atoms with Gasteiger partial charge >= 0.3 is 11.9 Å². The standard InChI is InChI=1S/C28H37NO9/c1-16-10-11-20-17(2)25(35-26-28(20)19(16)14-15-27(3,36-26)37-38-28)34-22(31)13-12-21(30)29-23(24(32)33-4)18-8-6-5-7-9-18/h5-9,16-17,19-20,23,25-26H,10-15H2,1-4H3,(H,29,30)/t16-,17-,19+,20+,23?,25-,26-,27?,28?/m1/s1. The van der Waals surface area contributed by atoms with Crippen LogP contribution in [0.1, 0.15) is 70.9 Å². The van der Waals surface area contributed by atoms with E-state index < -0.39 is 47.9 Å². The molecule has 1 spiro atoms. The summed E-state index contributed by atoms with van der Waals surface area (Å²) in [5.41, 5.74) is -0.151. The van der Waals surface area contributed by atoms with Crippen LogP contribution in [0.5, 0.6) is 0 Å². The summed E-state index contributed by atoms with van der Waals surface area (Å²) < 4.78 is 23.1. The minimum absolute atomic E-state index is 0.0258. The molecule has 5 aliphatic rings. The van der Waals surface area contributed by atoms with E-state index in [0.29, 0.717) is 17.9 Å². The second-order valence-electron chi connectivity index (χ2n) is 11.2. The molecule has 5 fully saturated rings. The van der Waals surface area contributed by atoms with Gasteiger partial charge in [0.05, 0.1) is 13.5 Å². The molecule has 0 aromatic heterocycles. The molecule has 4 saturated heterocycles. The van der Waals surface area contributed by atoms with Crippen LogP contribution in [-0.2, 0) is 43.1 Å². The zero-order chi connectivity index (χ0) is 27.1. The lowest BCUT2D eigenvalue weighted by molar-refractivity contribution is -0.576. The highest BCUT2D eigenvalue weighted by Crippen LogP contribution is 2.60. The number of ether oxygens (including phenoxy) is 4. The topological polar surface area (TPSA) is 119 Å². The number of esters is 2. The monoisotopic (exact) mass is 531 g/mol. The van der Waals surface area contributed by atoms with Crippen LogP contribution in [0, 0.1) is 23.7 Å². The second kappa shape index (κ2) is 10.6. The number of methoxy groups -OCH3 is 1. The lowest BCUT2D eigenvalue weighted by Crippen LogP contribution is -2.70. The lowest BCUT2D eigenvalue weighted by atomic mass is 9.58. The molecule has 9 atom stereocenters. The number of carbonyl (C=O) groups is 3. The Morgan fingerprint density at radius 2 is 1.82 bits per heavy atom. The van der Waals surface area contributed by atoms with E-state index in [1.54, 1.807) is 24.3 Å². The van der Waals surface area contributed by atoms with Crippen molar-refractivity contribution in [2.75, 3.05) is 7.11 Å². The van der Waals surface area contributed by atoms with Gasteiger partial charge in [-0.25, -0.2) is 14.6 Å². The Hall–Kier alpha value is -2.53. The number of hydrogen-bond donors (Lipinski definition) is 1. The van der Waals surface area contributed by atoms with Gasteiger partial charge in [0.15, 0.2) is 17.9 Å². The van der Waals surface area contributed by atoms with Gasteiger partial charge in [-0.2, -0.15) is 0 Å². The molecule has 208 valence electrons.